The van der Waals surface area contributed by atoms with Gasteiger partial charge in [0.1, 0.15) is 5.82 Å². The molecule has 106 valence electrons. The van der Waals surface area contributed by atoms with Crippen LogP contribution in [0.25, 0.3) is 0 Å². The van der Waals surface area contributed by atoms with Gasteiger partial charge in [0.25, 0.3) is 0 Å². The standard InChI is InChI=1S/C14H23N3O2/c1-5-12(10(4)18)16-14(19)17-13-7-6-11(8-15-13)9(2)3/h6-10,12,18H,5H2,1-4H3,(H2,15,16,17,19)/t10-,12+/m1/s1. The number of hydrogen-bond donors (Lipinski definition) is 3. The number of rotatable bonds is 5. The zero-order chi connectivity index (χ0) is 14.4. The van der Waals surface area contributed by atoms with Gasteiger partial charge >= 0.3 is 6.03 Å². The van der Waals surface area contributed by atoms with Gasteiger partial charge in [-0.3, -0.25) is 5.32 Å². The molecule has 1 aromatic rings. The number of carbonyl (C=O) groups is 1. The number of aromatic nitrogens is 1. The highest BCUT2D eigenvalue weighted by Gasteiger charge is 2.15. The van der Waals surface area contributed by atoms with Gasteiger partial charge in [-0.25, -0.2) is 9.78 Å². The molecule has 2 atom stereocenters. The quantitative estimate of drug-likeness (QED) is 0.765. The largest absolute Gasteiger partial charge is 0.391 e. The predicted molar refractivity (Wildman–Crippen MR) is 76.2 cm³/mol. The molecule has 0 saturated heterocycles. The lowest BCUT2D eigenvalue weighted by molar-refractivity contribution is 0.145. The SMILES string of the molecule is CC[C@H](NC(=O)Nc1ccc(C(C)C)cn1)[C@@H](C)O. The Morgan fingerprint density at radius 2 is 2.05 bits per heavy atom. The summed E-state index contributed by atoms with van der Waals surface area (Å²) in [5.41, 5.74) is 1.13. The minimum atomic E-state index is -0.577. The van der Waals surface area contributed by atoms with Gasteiger partial charge in [-0.1, -0.05) is 26.8 Å². The predicted octanol–water partition coefficient (Wildman–Crippen LogP) is 2.49. The lowest BCUT2D eigenvalue weighted by Gasteiger charge is -2.19. The van der Waals surface area contributed by atoms with Crippen LogP contribution in [0.2, 0.25) is 0 Å². The third-order valence-electron chi connectivity index (χ3n) is 3.03. The average Bonchev–Trinajstić information content (AvgIpc) is 2.36. The van der Waals surface area contributed by atoms with Crippen LogP contribution in [0.1, 0.15) is 45.6 Å². The highest BCUT2D eigenvalue weighted by atomic mass is 16.3. The first kappa shape index (κ1) is 15.4. The summed E-state index contributed by atoms with van der Waals surface area (Å²) in [7, 11) is 0. The first-order chi connectivity index (χ1) is 8.93. The summed E-state index contributed by atoms with van der Waals surface area (Å²) in [5, 5.41) is 14.8. The molecule has 5 nitrogen and oxygen atoms in total. The van der Waals surface area contributed by atoms with Crippen LogP contribution in [0.5, 0.6) is 0 Å². The summed E-state index contributed by atoms with van der Waals surface area (Å²) in [5.74, 6) is 0.914. The van der Waals surface area contributed by atoms with Gasteiger partial charge in [0, 0.05) is 6.20 Å². The molecule has 5 heteroatoms. The lowest BCUT2D eigenvalue weighted by Crippen LogP contribution is -2.43. The third kappa shape index (κ3) is 4.87. The first-order valence-electron chi connectivity index (χ1n) is 6.65. The average molecular weight is 265 g/mol. The number of pyridine rings is 1. The number of hydrogen-bond acceptors (Lipinski definition) is 3. The fourth-order valence-corrected chi connectivity index (χ4v) is 1.71. The zero-order valence-electron chi connectivity index (χ0n) is 12.0. The maximum absolute atomic E-state index is 11.7. The second kappa shape index (κ2) is 7.09. The van der Waals surface area contributed by atoms with Gasteiger partial charge in [0.15, 0.2) is 0 Å². The van der Waals surface area contributed by atoms with Crippen molar-refractivity contribution in [3.8, 4) is 0 Å². The molecular weight excluding hydrogens is 242 g/mol. The van der Waals surface area contributed by atoms with Crippen LogP contribution in [-0.2, 0) is 0 Å². The summed E-state index contributed by atoms with van der Waals surface area (Å²) in [6.07, 6.45) is 1.85. The number of aliphatic hydroxyl groups excluding tert-OH is 1. The summed E-state index contributed by atoms with van der Waals surface area (Å²) in [6, 6.07) is 3.12. The van der Waals surface area contributed by atoms with Crippen molar-refractivity contribution in [2.75, 3.05) is 5.32 Å². The minimum Gasteiger partial charge on any atom is -0.391 e. The highest BCUT2D eigenvalue weighted by molar-refractivity contribution is 5.88. The van der Waals surface area contributed by atoms with Gasteiger partial charge in [-0.05, 0) is 30.9 Å². The van der Waals surface area contributed by atoms with Crippen molar-refractivity contribution in [2.24, 2.45) is 0 Å². The van der Waals surface area contributed by atoms with E-state index in [0.717, 1.165) is 5.56 Å². The van der Waals surface area contributed by atoms with E-state index in [1.807, 2.05) is 13.0 Å². The van der Waals surface area contributed by atoms with E-state index in [1.54, 1.807) is 19.2 Å². The molecule has 0 aromatic carbocycles. The number of anilines is 1. The van der Waals surface area contributed by atoms with E-state index in [2.05, 4.69) is 29.5 Å². The summed E-state index contributed by atoms with van der Waals surface area (Å²) >= 11 is 0. The van der Waals surface area contributed by atoms with E-state index in [1.165, 1.54) is 0 Å². The Hall–Kier alpha value is -1.62. The molecule has 0 saturated carbocycles. The van der Waals surface area contributed by atoms with Crippen LogP contribution in [0.4, 0.5) is 10.6 Å². The second-order valence-electron chi connectivity index (χ2n) is 4.99. The Balaban J connectivity index is 2.57. The lowest BCUT2D eigenvalue weighted by atomic mass is 10.1. The molecule has 0 aliphatic heterocycles. The number of nitrogens with one attached hydrogen (secondary N) is 2. The molecule has 0 spiro atoms. The van der Waals surface area contributed by atoms with Gasteiger partial charge in [-0.15, -0.1) is 0 Å². The monoisotopic (exact) mass is 265 g/mol. The third-order valence-corrected chi connectivity index (χ3v) is 3.03. The normalized spacial score (nSPS) is 14.0. The van der Waals surface area contributed by atoms with E-state index >= 15 is 0 Å². The van der Waals surface area contributed by atoms with Crippen LogP contribution in [0, 0.1) is 0 Å². The van der Waals surface area contributed by atoms with Gasteiger partial charge < -0.3 is 10.4 Å². The van der Waals surface area contributed by atoms with E-state index in [9.17, 15) is 9.90 Å². The first-order valence-corrected chi connectivity index (χ1v) is 6.65. The topological polar surface area (TPSA) is 74.2 Å². The number of amides is 2. The van der Waals surface area contributed by atoms with Crippen molar-refractivity contribution < 1.29 is 9.90 Å². The van der Waals surface area contributed by atoms with Crippen molar-refractivity contribution in [1.29, 1.82) is 0 Å². The van der Waals surface area contributed by atoms with E-state index < -0.39 is 6.10 Å². The Labute approximate surface area is 114 Å². The maximum Gasteiger partial charge on any atom is 0.320 e. The van der Waals surface area contributed by atoms with Crippen LogP contribution < -0.4 is 10.6 Å². The van der Waals surface area contributed by atoms with Crippen LogP contribution in [0.3, 0.4) is 0 Å². The van der Waals surface area contributed by atoms with E-state index in [-0.39, 0.29) is 12.1 Å². The molecule has 3 N–H and O–H groups in total. The molecule has 0 fully saturated rings. The Morgan fingerprint density at radius 3 is 2.47 bits per heavy atom. The van der Waals surface area contributed by atoms with Crippen molar-refractivity contribution in [3.63, 3.8) is 0 Å². The highest BCUT2D eigenvalue weighted by Crippen LogP contribution is 2.14. The van der Waals surface area contributed by atoms with Crippen LogP contribution in [0.15, 0.2) is 18.3 Å². The molecule has 0 aliphatic carbocycles. The Morgan fingerprint density at radius 1 is 1.37 bits per heavy atom. The van der Waals surface area contributed by atoms with Crippen LogP contribution >= 0.6 is 0 Å². The fraction of sp³-hybridized carbons (Fsp3) is 0.571. The fourth-order valence-electron chi connectivity index (χ4n) is 1.71. The molecule has 0 aliphatic rings. The molecule has 0 radical (unpaired) electrons. The number of nitrogens with zero attached hydrogens (tertiary/aromatic N) is 1. The zero-order valence-corrected chi connectivity index (χ0v) is 12.0. The molecule has 0 bridgehead atoms. The smallest absolute Gasteiger partial charge is 0.320 e. The molecule has 0 unspecified atom stereocenters. The second-order valence-corrected chi connectivity index (χ2v) is 4.99. The molecule has 2 amide bonds. The number of urea groups is 1. The molecule has 1 rings (SSSR count). The van der Waals surface area contributed by atoms with Crippen LogP contribution in [-0.4, -0.2) is 28.3 Å². The van der Waals surface area contributed by atoms with Crippen molar-refractivity contribution in [2.45, 2.75) is 52.2 Å². The van der Waals surface area contributed by atoms with Gasteiger partial charge in [0.05, 0.1) is 12.1 Å². The Kier molecular flexibility index (Phi) is 5.76. The van der Waals surface area contributed by atoms with E-state index in [0.29, 0.717) is 18.2 Å². The molecule has 1 heterocycles. The molecule has 1 aromatic heterocycles. The van der Waals surface area contributed by atoms with E-state index in [4.69, 9.17) is 0 Å². The summed E-state index contributed by atoms with van der Waals surface area (Å²) < 4.78 is 0. The number of aliphatic hydroxyl groups is 1. The van der Waals surface area contributed by atoms with Gasteiger partial charge in [0.2, 0.25) is 0 Å². The van der Waals surface area contributed by atoms with Gasteiger partial charge in [-0.2, -0.15) is 0 Å². The molecule has 19 heavy (non-hydrogen) atoms. The number of carbonyl (C=O) groups excluding carboxylic acids is 1. The van der Waals surface area contributed by atoms with Crippen molar-refractivity contribution >= 4 is 11.8 Å². The maximum atomic E-state index is 11.7. The van der Waals surface area contributed by atoms with Crippen molar-refractivity contribution in [3.05, 3.63) is 23.9 Å². The summed E-state index contributed by atoms with van der Waals surface area (Å²) in [4.78, 5) is 15.9. The summed E-state index contributed by atoms with van der Waals surface area (Å²) in [6.45, 7) is 7.74. The minimum absolute atomic E-state index is 0.255. The Bertz CT molecular complexity index is 402. The molecular formula is C14H23N3O2. The van der Waals surface area contributed by atoms with Crippen molar-refractivity contribution in [1.82, 2.24) is 10.3 Å².